The van der Waals surface area contributed by atoms with Crippen molar-refractivity contribution in [3.8, 4) is 0 Å². The molecule has 3 N–H and O–H groups in total. The van der Waals surface area contributed by atoms with Crippen molar-refractivity contribution in [2.24, 2.45) is 5.41 Å². The van der Waals surface area contributed by atoms with E-state index in [4.69, 9.17) is 5.11 Å². The first-order valence-corrected chi connectivity index (χ1v) is 6.70. The number of carboxylic acids is 1. The molecule has 1 heterocycles. The third-order valence-corrected chi connectivity index (χ3v) is 3.94. The van der Waals surface area contributed by atoms with Crippen molar-refractivity contribution in [2.75, 3.05) is 18.5 Å². The van der Waals surface area contributed by atoms with Gasteiger partial charge in [0.05, 0.1) is 17.1 Å². The molecule has 2 rings (SSSR count). The van der Waals surface area contributed by atoms with Crippen molar-refractivity contribution in [1.29, 1.82) is 0 Å². The number of nitro groups is 1. The van der Waals surface area contributed by atoms with Gasteiger partial charge in [0, 0.05) is 24.2 Å². The highest BCUT2D eigenvalue weighted by Gasteiger charge is 2.33. The molecule has 114 valence electrons. The van der Waals surface area contributed by atoms with Crippen molar-refractivity contribution in [1.82, 2.24) is 4.98 Å². The topological polar surface area (TPSA) is 126 Å². The van der Waals surface area contributed by atoms with Crippen LogP contribution in [0.15, 0.2) is 12.3 Å². The Kier molecular flexibility index (Phi) is 4.37. The Bertz CT molecular complexity index is 555. The van der Waals surface area contributed by atoms with Crippen LogP contribution in [0, 0.1) is 15.5 Å². The van der Waals surface area contributed by atoms with Crippen LogP contribution in [0.25, 0.3) is 0 Å². The minimum Gasteiger partial charge on any atom is -0.478 e. The second-order valence-electron chi connectivity index (χ2n) is 5.37. The summed E-state index contributed by atoms with van der Waals surface area (Å²) in [5, 5.41) is 32.3. The van der Waals surface area contributed by atoms with Gasteiger partial charge in [-0.2, -0.15) is 0 Å². The summed E-state index contributed by atoms with van der Waals surface area (Å²) < 4.78 is 0. The zero-order chi connectivity index (χ0) is 15.5. The quantitative estimate of drug-likeness (QED) is 0.538. The van der Waals surface area contributed by atoms with E-state index in [0.29, 0.717) is 6.54 Å². The predicted octanol–water partition coefficient (Wildman–Crippen LogP) is 1.65. The summed E-state index contributed by atoms with van der Waals surface area (Å²) in [5.41, 5.74) is -0.882. The van der Waals surface area contributed by atoms with E-state index in [0.717, 1.165) is 37.9 Å². The molecule has 0 aromatic carbocycles. The molecule has 0 atom stereocenters. The van der Waals surface area contributed by atoms with Crippen LogP contribution in [0.4, 0.5) is 11.5 Å². The zero-order valence-corrected chi connectivity index (χ0v) is 11.4. The van der Waals surface area contributed by atoms with Gasteiger partial charge in [-0.15, -0.1) is 0 Å². The van der Waals surface area contributed by atoms with Crippen LogP contribution in [0.1, 0.15) is 36.0 Å². The standard InChI is InChI=1S/C13H17N3O5/c17-8-13(3-1-2-4-13)7-15-11-10(16(20)21)5-9(6-14-11)12(18)19/h5-6,17H,1-4,7-8H2,(H,14,15)(H,18,19). The van der Waals surface area contributed by atoms with Crippen LogP contribution in [-0.2, 0) is 0 Å². The van der Waals surface area contributed by atoms with Crippen LogP contribution in [-0.4, -0.2) is 39.2 Å². The number of pyridine rings is 1. The molecule has 1 saturated carbocycles. The number of hydrogen-bond donors (Lipinski definition) is 3. The van der Waals surface area contributed by atoms with E-state index in [1.807, 2.05) is 0 Å². The molecule has 21 heavy (non-hydrogen) atoms. The van der Waals surface area contributed by atoms with Gasteiger partial charge in [0.15, 0.2) is 0 Å². The van der Waals surface area contributed by atoms with Gasteiger partial charge in [-0.25, -0.2) is 9.78 Å². The van der Waals surface area contributed by atoms with E-state index in [1.54, 1.807) is 0 Å². The number of hydrogen-bond acceptors (Lipinski definition) is 6. The fraction of sp³-hybridized carbons (Fsp3) is 0.538. The van der Waals surface area contributed by atoms with Gasteiger partial charge in [0.2, 0.25) is 5.82 Å². The molecule has 0 radical (unpaired) electrons. The average Bonchev–Trinajstić information content (AvgIpc) is 2.94. The van der Waals surface area contributed by atoms with Crippen molar-refractivity contribution in [3.05, 3.63) is 27.9 Å². The molecular formula is C13H17N3O5. The van der Waals surface area contributed by atoms with Gasteiger partial charge in [-0.05, 0) is 12.8 Å². The molecule has 8 nitrogen and oxygen atoms in total. The number of aromatic carboxylic acids is 1. The highest BCUT2D eigenvalue weighted by atomic mass is 16.6. The molecule has 1 aliphatic carbocycles. The zero-order valence-electron chi connectivity index (χ0n) is 11.4. The van der Waals surface area contributed by atoms with Crippen molar-refractivity contribution >= 4 is 17.5 Å². The lowest BCUT2D eigenvalue weighted by molar-refractivity contribution is -0.384. The molecule has 0 saturated heterocycles. The lowest BCUT2D eigenvalue weighted by atomic mass is 9.87. The van der Waals surface area contributed by atoms with E-state index in [2.05, 4.69) is 10.3 Å². The van der Waals surface area contributed by atoms with Gasteiger partial charge in [0.1, 0.15) is 0 Å². The maximum absolute atomic E-state index is 11.0. The molecule has 1 aliphatic rings. The first-order chi connectivity index (χ1) is 9.97. The number of nitrogens with one attached hydrogen (secondary N) is 1. The Morgan fingerprint density at radius 1 is 1.48 bits per heavy atom. The third-order valence-electron chi connectivity index (χ3n) is 3.94. The van der Waals surface area contributed by atoms with E-state index < -0.39 is 10.9 Å². The van der Waals surface area contributed by atoms with E-state index in [-0.39, 0.29) is 29.1 Å². The fourth-order valence-corrected chi connectivity index (χ4v) is 2.63. The van der Waals surface area contributed by atoms with E-state index in [1.165, 1.54) is 0 Å². The van der Waals surface area contributed by atoms with Gasteiger partial charge in [-0.1, -0.05) is 12.8 Å². The monoisotopic (exact) mass is 295 g/mol. The normalized spacial score (nSPS) is 16.6. The summed E-state index contributed by atoms with van der Waals surface area (Å²) >= 11 is 0. The largest absolute Gasteiger partial charge is 0.478 e. The van der Waals surface area contributed by atoms with Crippen molar-refractivity contribution in [3.63, 3.8) is 0 Å². The summed E-state index contributed by atoms with van der Waals surface area (Å²) in [7, 11) is 0. The second kappa shape index (κ2) is 6.04. The highest BCUT2D eigenvalue weighted by molar-refractivity contribution is 5.88. The maximum atomic E-state index is 11.0. The number of rotatable bonds is 6. The number of carboxylic acid groups (broad SMARTS) is 1. The van der Waals surface area contributed by atoms with E-state index >= 15 is 0 Å². The van der Waals surface area contributed by atoms with Crippen molar-refractivity contribution in [2.45, 2.75) is 25.7 Å². The number of aliphatic hydroxyl groups excluding tert-OH is 1. The lowest BCUT2D eigenvalue weighted by Gasteiger charge is -2.26. The van der Waals surface area contributed by atoms with Crippen LogP contribution >= 0.6 is 0 Å². The molecule has 8 heteroatoms. The molecular weight excluding hydrogens is 278 g/mol. The van der Waals surface area contributed by atoms with Gasteiger partial charge < -0.3 is 15.5 Å². The molecule has 1 fully saturated rings. The van der Waals surface area contributed by atoms with Crippen LogP contribution in [0.3, 0.4) is 0 Å². The lowest BCUT2D eigenvalue weighted by Crippen LogP contribution is -2.31. The average molecular weight is 295 g/mol. The van der Waals surface area contributed by atoms with Crippen LogP contribution in [0.2, 0.25) is 0 Å². The minimum absolute atomic E-state index is 0.0149. The summed E-state index contributed by atoms with van der Waals surface area (Å²) in [5.74, 6) is -1.23. The third kappa shape index (κ3) is 3.27. The number of carbonyl (C=O) groups is 1. The molecule has 0 amide bonds. The van der Waals surface area contributed by atoms with Gasteiger partial charge in [0.25, 0.3) is 0 Å². The molecule has 0 bridgehead atoms. The summed E-state index contributed by atoms with van der Waals surface area (Å²) in [6, 6.07) is 0.984. The number of nitrogens with zero attached hydrogens (tertiary/aromatic N) is 2. The highest BCUT2D eigenvalue weighted by Crippen LogP contribution is 2.38. The number of aromatic nitrogens is 1. The summed E-state index contributed by atoms with van der Waals surface area (Å²) in [4.78, 5) is 25.0. The molecule has 1 aromatic heterocycles. The molecule has 0 spiro atoms. The Hall–Kier alpha value is -2.22. The summed E-state index contributed by atoms with van der Waals surface area (Å²) in [6.07, 6.45) is 4.85. The van der Waals surface area contributed by atoms with Crippen LogP contribution < -0.4 is 5.32 Å². The minimum atomic E-state index is -1.26. The second-order valence-corrected chi connectivity index (χ2v) is 5.37. The Balaban J connectivity index is 2.19. The van der Waals surface area contributed by atoms with Crippen molar-refractivity contribution < 1.29 is 19.9 Å². The number of aliphatic hydroxyl groups is 1. The maximum Gasteiger partial charge on any atom is 0.337 e. The van der Waals surface area contributed by atoms with E-state index in [9.17, 15) is 20.0 Å². The SMILES string of the molecule is O=C(O)c1cnc(NCC2(CO)CCCC2)c([N+](=O)[O-])c1. The predicted molar refractivity (Wildman–Crippen MR) is 74.3 cm³/mol. The molecule has 0 unspecified atom stereocenters. The Morgan fingerprint density at radius 3 is 2.67 bits per heavy atom. The molecule has 0 aliphatic heterocycles. The van der Waals surface area contributed by atoms with Crippen LogP contribution in [0.5, 0.6) is 0 Å². The Morgan fingerprint density at radius 2 is 2.14 bits per heavy atom. The smallest absolute Gasteiger partial charge is 0.337 e. The Labute approximate surface area is 121 Å². The fourth-order valence-electron chi connectivity index (χ4n) is 2.63. The first-order valence-electron chi connectivity index (χ1n) is 6.70. The van der Waals surface area contributed by atoms with Gasteiger partial charge >= 0.3 is 11.7 Å². The first kappa shape index (κ1) is 15.2. The summed E-state index contributed by atoms with van der Waals surface area (Å²) in [6.45, 7) is 0.394. The van der Waals surface area contributed by atoms with Gasteiger partial charge in [-0.3, -0.25) is 10.1 Å². The number of anilines is 1. The molecule has 1 aromatic rings.